The van der Waals surface area contributed by atoms with Gasteiger partial charge in [-0.15, -0.1) is 0 Å². The highest BCUT2D eigenvalue weighted by molar-refractivity contribution is 5.84. The second-order valence-electron chi connectivity index (χ2n) is 13.0. The second kappa shape index (κ2) is 37.2. The lowest BCUT2D eigenvalue weighted by Gasteiger charge is -2.14. The van der Waals surface area contributed by atoms with Crippen LogP contribution in [-0.2, 0) is 52.5 Å². The van der Waals surface area contributed by atoms with Gasteiger partial charge in [0.15, 0.2) is 0 Å². The molecule has 2 atom stereocenters. The van der Waals surface area contributed by atoms with Crippen LogP contribution >= 0.6 is 0 Å². The molecule has 0 rings (SSSR count). The molecule has 0 aliphatic heterocycles. The predicted molar refractivity (Wildman–Crippen MR) is 202 cm³/mol. The van der Waals surface area contributed by atoms with E-state index < -0.39 is 24.0 Å². The van der Waals surface area contributed by atoms with Crippen molar-refractivity contribution >= 4 is 41.9 Å². The minimum Gasteiger partial charge on any atom is -0.481 e. The third-order valence-electron chi connectivity index (χ3n) is 8.10. The van der Waals surface area contributed by atoms with Crippen LogP contribution in [0, 0.1) is 0 Å². The van der Waals surface area contributed by atoms with Gasteiger partial charge in [-0.05, 0) is 38.5 Å². The Labute approximate surface area is 325 Å². The summed E-state index contributed by atoms with van der Waals surface area (Å²) in [6.07, 6.45) is 13.6. The van der Waals surface area contributed by atoms with Gasteiger partial charge in [0.2, 0.25) is 29.9 Å². The number of carbonyl (C=O) groups excluding carboxylic acids is 5. The molecule has 317 valence electrons. The Kier molecular flexibility index (Phi) is 34.7. The molecule has 0 spiro atoms. The topological polar surface area (TPSA) is 271 Å². The zero-order valence-electron chi connectivity index (χ0n) is 32.4. The molecule has 8 N–H and O–H groups in total. The fourth-order valence-electron chi connectivity index (χ4n) is 5.04. The maximum atomic E-state index is 12.2. The lowest BCUT2D eigenvalue weighted by Crippen LogP contribution is -2.41. The number of rotatable bonds is 40. The molecule has 4 amide bonds. The van der Waals surface area contributed by atoms with Crippen molar-refractivity contribution in [3.05, 3.63) is 0 Å². The molecule has 0 aromatic rings. The van der Waals surface area contributed by atoms with Gasteiger partial charge in [0, 0.05) is 38.9 Å². The average molecular weight is 789 g/mol. The highest BCUT2D eigenvalue weighted by Crippen LogP contribution is 2.12. The van der Waals surface area contributed by atoms with E-state index in [1.165, 1.54) is 0 Å². The summed E-state index contributed by atoms with van der Waals surface area (Å²) in [5.41, 5.74) is 5.45. The van der Waals surface area contributed by atoms with Crippen LogP contribution in [0.25, 0.3) is 0 Å². The second-order valence-corrected chi connectivity index (χ2v) is 13.0. The van der Waals surface area contributed by atoms with Crippen LogP contribution in [0.3, 0.4) is 0 Å². The Bertz CT molecular complexity index is 1070. The van der Waals surface area contributed by atoms with Crippen molar-refractivity contribution in [3.8, 4) is 0 Å². The summed E-state index contributed by atoms with van der Waals surface area (Å²) in [6, 6.07) is -1.74. The summed E-state index contributed by atoms with van der Waals surface area (Å²) in [7, 11) is 0. The van der Waals surface area contributed by atoms with E-state index in [2.05, 4.69) is 21.3 Å². The molecular weight excluding hydrogens is 722 g/mol. The molecule has 0 bridgehead atoms. The largest absolute Gasteiger partial charge is 0.481 e. The van der Waals surface area contributed by atoms with Crippen LogP contribution in [0.1, 0.15) is 109 Å². The summed E-state index contributed by atoms with van der Waals surface area (Å²) >= 11 is 0. The van der Waals surface area contributed by atoms with E-state index in [9.17, 15) is 38.7 Å². The normalized spacial score (nSPS) is 12.0. The van der Waals surface area contributed by atoms with E-state index in [0.29, 0.717) is 32.2 Å². The number of hydrogen-bond donors (Lipinski definition) is 7. The zero-order valence-corrected chi connectivity index (χ0v) is 32.4. The van der Waals surface area contributed by atoms with Crippen LogP contribution in [0.4, 0.5) is 0 Å². The molecule has 55 heavy (non-hydrogen) atoms. The SMILES string of the molecule is N[C@H]([C]=O)CCCCNC(=O)COCCOCCNC(=O)COCCOCCNC(=O)CC[C@H](NC(=O)CCCCCCCCCCCCC(=O)O)C(=O)O. The molecule has 0 unspecified atom stereocenters. The fourth-order valence-corrected chi connectivity index (χ4v) is 5.04. The first-order chi connectivity index (χ1) is 26.5. The number of nitrogens with one attached hydrogen (secondary N) is 4. The number of carbonyl (C=O) groups is 6. The summed E-state index contributed by atoms with van der Waals surface area (Å²) in [4.78, 5) is 80.3. The van der Waals surface area contributed by atoms with Crippen molar-refractivity contribution < 1.29 is 62.7 Å². The summed E-state index contributed by atoms with van der Waals surface area (Å²) in [6.45, 7) is 1.96. The maximum absolute atomic E-state index is 12.2. The van der Waals surface area contributed by atoms with E-state index in [1.807, 2.05) is 0 Å². The lowest BCUT2D eigenvalue weighted by atomic mass is 10.0. The molecule has 0 fully saturated rings. The third-order valence-corrected chi connectivity index (χ3v) is 8.10. The van der Waals surface area contributed by atoms with Gasteiger partial charge in [-0.25, -0.2) is 4.79 Å². The first kappa shape index (κ1) is 51.3. The highest BCUT2D eigenvalue weighted by atomic mass is 16.5. The van der Waals surface area contributed by atoms with E-state index >= 15 is 0 Å². The standard InChI is InChI=1S/C37H66N5O13/c38-30(27-43)13-11-12-18-39-34(46)28-54-25-24-53-22-20-41-35(47)29-55-26-23-52-21-19-40-32(44)17-16-31(37(50)51)42-33(45)14-9-7-5-3-1-2-4-6-8-10-15-36(48)49/h30-31H,1-26,28-29,38H2,(H,39,46)(H,40,44)(H,41,47)(H,42,45)(H,48,49)(H,50,51)/t30-,31-/m0/s1. The van der Waals surface area contributed by atoms with Crippen LogP contribution < -0.4 is 27.0 Å². The number of unbranched alkanes of at least 4 members (excludes halogenated alkanes) is 10. The molecule has 0 aliphatic rings. The number of carboxylic acid groups (broad SMARTS) is 2. The number of carboxylic acids is 2. The van der Waals surface area contributed by atoms with E-state index in [-0.39, 0.29) is 115 Å². The van der Waals surface area contributed by atoms with Gasteiger partial charge in [0.25, 0.3) is 0 Å². The summed E-state index contributed by atoms with van der Waals surface area (Å²) < 4.78 is 21.2. The highest BCUT2D eigenvalue weighted by Gasteiger charge is 2.20. The molecule has 18 heteroatoms. The molecule has 0 saturated carbocycles. The predicted octanol–water partition coefficient (Wildman–Crippen LogP) is 1.12. The van der Waals surface area contributed by atoms with Crippen LogP contribution in [-0.4, -0.2) is 137 Å². The van der Waals surface area contributed by atoms with Gasteiger partial charge >= 0.3 is 11.9 Å². The van der Waals surface area contributed by atoms with Crippen LogP contribution in [0.5, 0.6) is 0 Å². The molecule has 0 heterocycles. The van der Waals surface area contributed by atoms with Crippen molar-refractivity contribution in [1.82, 2.24) is 21.3 Å². The Balaban J connectivity index is 3.66. The van der Waals surface area contributed by atoms with E-state index in [4.69, 9.17) is 29.8 Å². The quantitative estimate of drug-likeness (QED) is 0.0429. The summed E-state index contributed by atoms with van der Waals surface area (Å²) in [5.74, 6) is -3.23. The summed E-state index contributed by atoms with van der Waals surface area (Å²) in [5, 5.41) is 28.6. The van der Waals surface area contributed by atoms with Gasteiger partial charge < -0.3 is 56.2 Å². The number of ether oxygens (including phenoxy) is 4. The molecular formula is C37H66N5O13. The first-order valence-corrected chi connectivity index (χ1v) is 19.5. The van der Waals surface area contributed by atoms with Crippen molar-refractivity contribution in [3.63, 3.8) is 0 Å². The van der Waals surface area contributed by atoms with Gasteiger partial charge in [-0.3, -0.25) is 28.8 Å². The lowest BCUT2D eigenvalue weighted by molar-refractivity contribution is -0.142. The van der Waals surface area contributed by atoms with Crippen LogP contribution in [0.2, 0.25) is 0 Å². The molecule has 1 radical (unpaired) electrons. The van der Waals surface area contributed by atoms with Crippen molar-refractivity contribution in [2.45, 2.75) is 121 Å². The van der Waals surface area contributed by atoms with E-state index in [1.54, 1.807) is 6.29 Å². The van der Waals surface area contributed by atoms with Gasteiger partial charge in [-0.2, -0.15) is 0 Å². The van der Waals surface area contributed by atoms with Crippen LogP contribution in [0.15, 0.2) is 0 Å². The first-order valence-electron chi connectivity index (χ1n) is 19.5. The monoisotopic (exact) mass is 788 g/mol. The molecule has 0 saturated heterocycles. The number of nitrogens with two attached hydrogens (primary N) is 1. The fraction of sp³-hybridized carbons (Fsp3) is 0.811. The van der Waals surface area contributed by atoms with Gasteiger partial charge in [0.1, 0.15) is 19.3 Å². The molecule has 0 aromatic carbocycles. The molecule has 0 aromatic heterocycles. The minimum absolute atomic E-state index is 0.0380. The third kappa shape index (κ3) is 37.0. The Morgan fingerprint density at radius 2 is 0.982 bits per heavy atom. The average Bonchev–Trinajstić information content (AvgIpc) is 3.15. The van der Waals surface area contributed by atoms with Gasteiger partial charge in [0.05, 0.1) is 45.7 Å². The van der Waals surface area contributed by atoms with Crippen molar-refractivity contribution in [2.24, 2.45) is 5.73 Å². The van der Waals surface area contributed by atoms with Gasteiger partial charge in [-0.1, -0.05) is 51.4 Å². The Morgan fingerprint density at radius 1 is 0.509 bits per heavy atom. The molecule has 18 nitrogen and oxygen atoms in total. The maximum Gasteiger partial charge on any atom is 0.326 e. The minimum atomic E-state index is -1.20. The number of amides is 4. The molecule has 0 aliphatic carbocycles. The smallest absolute Gasteiger partial charge is 0.326 e. The zero-order chi connectivity index (χ0) is 40.8. The van der Waals surface area contributed by atoms with Crippen molar-refractivity contribution in [2.75, 3.05) is 72.5 Å². The number of aliphatic carboxylic acids is 2. The Hall–Kier alpha value is -3.71. The van der Waals surface area contributed by atoms with Crippen molar-refractivity contribution in [1.29, 1.82) is 0 Å². The Morgan fingerprint density at radius 3 is 1.49 bits per heavy atom. The van der Waals surface area contributed by atoms with E-state index in [0.717, 1.165) is 57.8 Å². The number of hydrogen-bond acceptors (Lipinski definition) is 12.